The van der Waals surface area contributed by atoms with Gasteiger partial charge in [0.25, 0.3) is 0 Å². The minimum Gasteiger partial charge on any atom is -0.353 e. The van der Waals surface area contributed by atoms with E-state index in [4.69, 9.17) is 0 Å². The number of carbonyl (C=O) groups is 2. The molecule has 2 amide bonds. The van der Waals surface area contributed by atoms with Gasteiger partial charge in [-0.05, 0) is 38.1 Å². The Bertz CT molecular complexity index is 1210. The molecule has 9 heteroatoms. The fourth-order valence-corrected chi connectivity index (χ4v) is 4.61. The van der Waals surface area contributed by atoms with Crippen molar-refractivity contribution < 1.29 is 9.59 Å². The molecule has 35 heavy (non-hydrogen) atoms. The predicted octanol–water partition coefficient (Wildman–Crippen LogP) is 2.93. The predicted molar refractivity (Wildman–Crippen MR) is 135 cm³/mol. The van der Waals surface area contributed by atoms with E-state index in [1.54, 1.807) is 11.1 Å². The highest BCUT2D eigenvalue weighted by Crippen LogP contribution is 2.27. The van der Waals surface area contributed by atoms with Crippen LogP contribution >= 0.6 is 0 Å². The molecule has 4 heterocycles. The Morgan fingerprint density at radius 3 is 2.46 bits per heavy atom. The zero-order valence-electron chi connectivity index (χ0n) is 20.0. The molecular weight excluding hydrogens is 442 g/mol. The highest BCUT2D eigenvalue weighted by atomic mass is 16.2. The lowest BCUT2D eigenvalue weighted by Gasteiger charge is -2.36. The summed E-state index contributed by atoms with van der Waals surface area (Å²) in [5.41, 5.74) is 2.00. The number of carbonyl (C=O) groups excluding carboxylic acids is 2. The van der Waals surface area contributed by atoms with Gasteiger partial charge in [0.15, 0.2) is 0 Å². The van der Waals surface area contributed by atoms with E-state index in [-0.39, 0.29) is 24.2 Å². The number of hydrogen-bond acceptors (Lipinski definition) is 7. The zero-order valence-corrected chi connectivity index (χ0v) is 20.0. The average molecular weight is 472 g/mol. The molecule has 0 saturated carbocycles. The molecule has 1 aromatic carbocycles. The van der Waals surface area contributed by atoms with Crippen LogP contribution in [0, 0.1) is 19.8 Å². The molecule has 2 aromatic heterocycles. The average Bonchev–Trinajstić information content (AvgIpc) is 3.26. The minimum absolute atomic E-state index is 0.00948. The summed E-state index contributed by atoms with van der Waals surface area (Å²) in [4.78, 5) is 45.0. The van der Waals surface area contributed by atoms with Crippen LogP contribution in [0.15, 0.2) is 54.7 Å². The summed E-state index contributed by atoms with van der Waals surface area (Å²) in [5, 5.41) is 3.22. The molecule has 2 aliphatic rings. The second-order valence-corrected chi connectivity index (χ2v) is 9.05. The molecule has 1 atom stereocenters. The van der Waals surface area contributed by atoms with Gasteiger partial charge in [0, 0.05) is 57.1 Å². The summed E-state index contributed by atoms with van der Waals surface area (Å²) in [6, 6.07) is 15.4. The molecule has 0 radical (unpaired) electrons. The Hall–Kier alpha value is -4.01. The lowest BCUT2D eigenvalue weighted by molar-refractivity contribution is -0.136. The Kier molecular flexibility index (Phi) is 6.31. The molecule has 2 saturated heterocycles. The normalized spacial score (nSPS) is 18.2. The smallest absolute Gasteiger partial charge is 0.228 e. The van der Waals surface area contributed by atoms with Gasteiger partial charge in [-0.15, -0.1) is 0 Å². The first-order chi connectivity index (χ1) is 17.0. The number of aryl methyl sites for hydroxylation is 2. The number of piperazine rings is 1. The number of pyridine rings is 1. The summed E-state index contributed by atoms with van der Waals surface area (Å²) >= 11 is 0. The van der Waals surface area contributed by atoms with Crippen molar-refractivity contribution in [3.05, 3.63) is 66.1 Å². The highest BCUT2D eigenvalue weighted by Gasteiger charge is 2.38. The van der Waals surface area contributed by atoms with Crippen LogP contribution in [-0.4, -0.2) is 64.4 Å². The Balaban J connectivity index is 1.20. The number of benzene rings is 1. The molecule has 0 bridgehead atoms. The Morgan fingerprint density at radius 2 is 1.74 bits per heavy atom. The van der Waals surface area contributed by atoms with E-state index in [1.807, 2.05) is 67.3 Å². The maximum atomic E-state index is 13.2. The maximum Gasteiger partial charge on any atom is 0.228 e. The van der Waals surface area contributed by atoms with E-state index in [1.165, 1.54) is 0 Å². The van der Waals surface area contributed by atoms with Crippen molar-refractivity contribution in [2.45, 2.75) is 20.3 Å². The summed E-state index contributed by atoms with van der Waals surface area (Å²) in [6.45, 7) is 6.86. The fraction of sp³-hybridized carbons (Fsp3) is 0.346. The summed E-state index contributed by atoms with van der Waals surface area (Å²) in [5.74, 6) is 2.66. The highest BCUT2D eigenvalue weighted by molar-refractivity contribution is 6.00. The Labute approximate surface area is 204 Å². The van der Waals surface area contributed by atoms with Crippen LogP contribution in [0.1, 0.15) is 17.8 Å². The third-order valence-electron chi connectivity index (χ3n) is 6.48. The van der Waals surface area contributed by atoms with Crippen LogP contribution in [0.25, 0.3) is 0 Å². The van der Waals surface area contributed by atoms with Crippen LogP contribution in [0.5, 0.6) is 0 Å². The van der Waals surface area contributed by atoms with Crippen molar-refractivity contribution in [2.75, 3.05) is 47.8 Å². The van der Waals surface area contributed by atoms with E-state index < -0.39 is 0 Å². The Morgan fingerprint density at radius 1 is 0.971 bits per heavy atom. The van der Waals surface area contributed by atoms with Gasteiger partial charge in [0.05, 0.1) is 5.92 Å². The van der Waals surface area contributed by atoms with Crippen LogP contribution < -0.4 is 15.1 Å². The second-order valence-electron chi connectivity index (χ2n) is 9.05. The first-order valence-electron chi connectivity index (χ1n) is 11.9. The van der Waals surface area contributed by atoms with E-state index in [0.717, 1.165) is 22.9 Å². The van der Waals surface area contributed by atoms with Gasteiger partial charge in [-0.3, -0.25) is 9.59 Å². The summed E-state index contributed by atoms with van der Waals surface area (Å²) in [6.07, 6.45) is 1.99. The topological polar surface area (TPSA) is 94.6 Å². The number of nitrogens with one attached hydrogen (secondary N) is 1. The number of amides is 2. The molecule has 0 aliphatic carbocycles. The van der Waals surface area contributed by atoms with Gasteiger partial charge in [0.1, 0.15) is 23.3 Å². The van der Waals surface area contributed by atoms with Crippen LogP contribution in [0.3, 0.4) is 0 Å². The third-order valence-corrected chi connectivity index (χ3v) is 6.48. The van der Waals surface area contributed by atoms with Crippen molar-refractivity contribution in [3.8, 4) is 0 Å². The molecule has 1 unspecified atom stereocenters. The van der Waals surface area contributed by atoms with Crippen LogP contribution in [0.4, 0.5) is 23.1 Å². The van der Waals surface area contributed by atoms with E-state index in [9.17, 15) is 9.59 Å². The van der Waals surface area contributed by atoms with Crippen molar-refractivity contribution >= 4 is 35.0 Å². The van der Waals surface area contributed by atoms with Crippen molar-refractivity contribution in [1.29, 1.82) is 0 Å². The molecule has 3 aromatic rings. The number of anilines is 4. The molecule has 2 fully saturated rings. The van der Waals surface area contributed by atoms with Gasteiger partial charge in [-0.25, -0.2) is 15.0 Å². The quantitative estimate of drug-likeness (QED) is 0.611. The number of nitrogens with zero attached hydrogens (tertiary/aromatic N) is 6. The molecule has 1 N–H and O–H groups in total. The van der Waals surface area contributed by atoms with Crippen LogP contribution in [0.2, 0.25) is 0 Å². The van der Waals surface area contributed by atoms with Crippen molar-refractivity contribution in [2.24, 2.45) is 5.92 Å². The fourth-order valence-electron chi connectivity index (χ4n) is 4.61. The zero-order chi connectivity index (χ0) is 24.4. The standard InChI is InChI=1S/C26H29N7O2/c1-18-6-8-21(9-7-18)33-17-20(15-25(33)34)26(35)32-13-11-31(12-14-32)24-16-23(28-19(2)29-24)30-22-5-3-4-10-27-22/h3-10,16,20H,11-15,17H2,1-2H3,(H,27,28,29,30). The van der Waals surface area contributed by atoms with Gasteiger partial charge in [-0.1, -0.05) is 23.8 Å². The van der Waals surface area contributed by atoms with Gasteiger partial charge in [-0.2, -0.15) is 0 Å². The van der Waals surface area contributed by atoms with Crippen molar-refractivity contribution in [3.63, 3.8) is 0 Å². The minimum atomic E-state index is -0.300. The molecular formula is C26H29N7O2. The lowest BCUT2D eigenvalue weighted by Crippen LogP contribution is -2.51. The van der Waals surface area contributed by atoms with E-state index in [2.05, 4.69) is 25.2 Å². The molecule has 180 valence electrons. The summed E-state index contributed by atoms with van der Waals surface area (Å²) in [7, 11) is 0. The lowest BCUT2D eigenvalue weighted by atomic mass is 10.1. The number of hydrogen-bond donors (Lipinski definition) is 1. The maximum absolute atomic E-state index is 13.2. The molecule has 0 spiro atoms. The first kappa shape index (κ1) is 22.8. The first-order valence-corrected chi connectivity index (χ1v) is 11.9. The van der Waals surface area contributed by atoms with Gasteiger partial charge < -0.3 is 20.0 Å². The second kappa shape index (κ2) is 9.69. The largest absolute Gasteiger partial charge is 0.353 e. The molecule has 2 aliphatic heterocycles. The third kappa shape index (κ3) is 5.08. The van der Waals surface area contributed by atoms with Gasteiger partial charge in [0.2, 0.25) is 11.8 Å². The van der Waals surface area contributed by atoms with Crippen molar-refractivity contribution in [1.82, 2.24) is 19.9 Å². The van der Waals surface area contributed by atoms with Gasteiger partial charge >= 0.3 is 0 Å². The van der Waals surface area contributed by atoms with E-state index >= 15 is 0 Å². The summed E-state index contributed by atoms with van der Waals surface area (Å²) < 4.78 is 0. The van der Waals surface area contributed by atoms with E-state index in [0.29, 0.717) is 44.4 Å². The SMILES string of the molecule is Cc1ccc(N2CC(C(=O)N3CCN(c4cc(Nc5ccccn5)nc(C)n4)CC3)CC2=O)cc1. The molecule has 9 nitrogen and oxygen atoms in total. The van der Waals surface area contributed by atoms with Crippen LogP contribution in [-0.2, 0) is 9.59 Å². The number of aromatic nitrogens is 3. The molecule has 5 rings (SSSR count). The number of rotatable bonds is 5. The monoisotopic (exact) mass is 471 g/mol.